The lowest BCUT2D eigenvalue weighted by Gasteiger charge is -2.34. The number of likely N-dealkylation sites (tertiary alicyclic amines) is 1. The van der Waals surface area contributed by atoms with Gasteiger partial charge in [0.15, 0.2) is 5.96 Å². The first-order valence-corrected chi connectivity index (χ1v) is 9.41. The summed E-state index contributed by atoms with van der Waals surface area (Å²) >= 11 is 0. The van der Waals surface area contributed by atoms with E-state index in [1.165, 1.54) is 7.11 Å². The molecule has 25 heavy (non-hydrogen) atoms. The molecular weight excluding hydrogens is 322 g/mol. The predicted octanol–water partition coefficient (Wildman–Crippen LogP) is 1.81. The summed E-state index contributed by atoms with van der Waals surface area (Å²) in [7, 11) is 3.14. The van der Waals surface area contributed by atoms with E-state index >= 15 is 0 Å². The zero-order valence-electron chi connectivity index (χ0n) is 16.1. The highest BCUT2D eigenvalue weighted by Gasteiger charge is 2.21. The quantitative estimate of drug-likeness (QED) is 0.263. The fourth-order valence-electron chi connectivity index (χ4n) is 2.78. The third kappa shape index (κ3) is 9.65. The van der Waals surface area contributed by atoms with E-state index in [0.29, 0.717) is 12.5 Å². The van der Waals surface area contributed by atoms with Gasteiger partial charge in [-0.25, -0.2) is 0 Å². The number of esters is 1. The van der Waals surface area contributed by atoms with E-state index in [1.807, 2.05) is 0 Å². The van der Waals surface area contributed by atoms with Crippen molar-refractivity contribution < 1.29 is 19.0 Å². The van der Waals surface area contributed by atoms with E-state index in [0.717, 1.165) is 77.5 Å². The number of carbonyl (C=O) groups is 1. The normalized spacial score (nSPS) is 16.1. The largest absolute Gasteiger partial charge is 0.469 e. The summed E-state index contributed by atoms with van der Waals surface area (Å²) in [6.07, 6.45) is 5.52. The lowest BCUT2D eigenvalue weighted by molar-refractivity contribution is -0.140. The Bertz CT molecular complexity index is 383. The molecule has 1 aliphatic heterocycles. The Hall–Kier alpha value is -1.34. The monoisotopic (exact) mass is 357 g/mol. The Morgan fingerprint density at radius 3 is 2.56 bits per heavy atom. The van der Waals surface area contributed by atoms with Crippen LogP contribution in [0.2, 0.25) is 0 Å². The number of methoxy groups -OCH3 is 2. The molecule has 0 spiro atoms. The second-order valence-electron chi connectivity index (χ2n) is 6.17. The summed E-state index contributed by atoms with van der Waals surface area (Å²) in [5.74, 6) is 0.821. The molecule has 0 atom stereocenters. The summed E-state index contributed by atoms with van der Waals surface area (Å²) in [5, 5.41) is 3.36. The third-order valence-electron chi connectivity index (χ3n) is 4.20. The number of nitrogens with zero attached hydrogens (tertiary/aromatic N) is 2. The van der Waals surface area contributed by atoms with Crippen LogP contribution in [-0.4, -0.2) is 76.5 Å². The van der Waals surface area contributed by atoms with Gasteiger partial charge in [0, 0.05) is 52.9 Å². The van der Waals surface area contributed by atoms with E-state index in [9.17, 15) is 4.79 Å². The number of nitrogens with one attached hydrogen (secondary N) is 1. The molecule has 0 aromatic heterocycles. The van der Waals surface area contributed by atoms with E-state index in [1.54, 1.807) is 7.11 Å². The van der Waals surface area contributed by atoms with Crippen LogP contribution in [-0.2, 0) is 19.0 Å². The van der Waals surface area contributed by atoms with Crippen LogP contribution in [0.3, 0.4) is 0 Å². The highest BCUT2D eigenvalue weighted by molar-refractivity contribution is 5.80. The number of ether oxygens (including phenoxy) is 3. The molecule has 1 N–H and O–H groups in total. The van der Waals surface area contributed by atoms with Crippen LogP contribution in [0.5, 0.6) is 0 Å². The molecule has 1 heterocycles. The maximum atomic E-state index is 11.1. The van der Waals surface area contributed by atoms with E-state index in [2.05, 4.69) is 21.9 Å². The van der Waals surface area contributed by atoms with Crippen LogP contribution in [0.1, 0.15) is 45.4 Å². The summed E-state index contributed by atoms with van der Waals surface area (Å²) in [4.78, 5) is 18.1. The first-order valence-electron chi connectivity index (χ1n) is 9.41. The minimum atomic E-state index is -0.150. The van der Waals surface area contributed by atoms with E-state index in [-0.39, 0.29) is 5.97 Å². The van der Waals surface area contributed by atoms with Crippen molar-refractivity contribution in [2.24, 2.45) is 4.99 Å². The van der Waals surface area contributed by atoms with Gasteiger partial charge in [0.1, 0.15) is 0 Å². The van der Waals surface area contributed by atoms with Crippen LogP contribution in [0.15, 0.2) is 4.99 Å². The van der Waals surface area contributed by atoms with Gasteiger partial charge in [-0.15, -0.1) is 0 Å². The molecule has 7 nitrogen and oxygen atoms in total. The topological polar surface area (TPSA) is 72.4 Å². The molecule has 146 valence electrons. The second kappa shape index (κ2) is 13.9. The lowest BCUT2D eigenvalue weighted by atomic mass is 10.1. The fourth-order valence-corrected chi connectivity index (χ4v) is 2.78. The zero-order chi connectivity index (χ0) is 18.3. The third-order valence-corrected chi connectivity index (χ3v) is 4.20. The van der Waals surface area contributed by atoms with Gasteiger partial charge < -0.3 is 24.4 Å². The van der Waals surface area contributed by atoms with Crippen molar-refractivity contribution >= 4 is 11.9 Å². The van der Waals surface area contributed by atoms with Crippen LogP contribution < -0.4 is 5.32 Å². The first-order chi connectivity index (χ1) is 12.2. The predicted molar refractivity (Wildman–Crippen MR) is 98.9 cm³/mol. The Labute approximate surface area is 152 Å². The van der Waals surface area contributed by atoms with Crippen molar-refractivity contribution in [3.05, 3.63) is 0 Å². The number of unbranched alkanes of at least 4 members (excludes halogenated alkanes) is 1. The molecule has 0 aliphatic carbocycles. The van der Waals surface area contributed by atoms with Crippen LogP contribution in [0.25, 0.3) is 0 Å². The molecule has 0 amide bonds. The van der Waals surface area contributed by atoms with Crippen molar-refractivity contribution in [3.63, 3.8) is 0 Å². The Morgan fingerprint density at radius 1 is 1.16 bits per heavy atom. The van der Waals surface area contributed by atoms with Gasteiger partial charge >= 0.3 is 5.97 Å². The number of aliphatic imine (C=N–C) groups is 1. The number of hydrogen-bond acceptors (Lipinski definition) is 5. The molecule has 1 saturated heterocycles. The van der Waals surface area contributed by atoms with Crippen molar-refractivity contribution in [1.29, 1.82) is 0 Å². The van der Waals surface area contributed by atoms with Crippen molar-refractivity contribution in [3.8, 4) is 0 Å². The molecule has 1 aliphatic rings. The molecular formula is C18H35N3O4. The molecule has 1 rings (SSSR count). The average molecular weight is 357 g/mol. The van der Waals surface area contributed by atoms with Crippen molar-refractivity contribution in [2.75, 3.05) is 53.6 Å². The summed E-state index contributed by atoms with van der Waals surface area (Å²) in [6, 6.07) is 0. The number of carbonyl (C=O) groups excluding carboxylic acids is 1. The summed E-state index contributed by atoms with van der Waals surface area (Å²) in [5.41, 5.74) is 0. The Kier molecular flexibility index (Phi) is 12.1. The SMILES string of the molecule is CCNC(=NCCCCC(=O)OC)N1CCC(OCCCOC)CC1. The highest BCUT2D eigenvalue weighted by atomic mass is 16.5. The molecule has 0 aromatic carbocycles. The molecule has 0 aromatic rings. The fraction of sp³-hybridized carbons (Fsp3) is 0.889. The second-order valence-corrected chi connectivity index (χ2v) is 6.17. The van der Waals surface area contributed by atoms with Gasteiger partial charge in [0.25, 0.3) is 0 Å². The molecule has 0 saturated carbocycles. The summed E-state index contributed by atoms with van der Waals surface area (Å²) < 4.78 is 15.6. The van der Waals surface area contributed by atoms with E-state index < -0.39 is 0 Å². The maximum Gasteiger partial charge on any atom is 0.305 e. The molecule has 7 heteroatoms. The van der Waals surface area contributed by atoms with E-state index in [4.69, 9.17) is 14.5 Å². The van der Waals surface area contributed by atoms with Gasteiger partial charge in [0.2, 0.25) is 0 Å². The van der Waals surface area contributed by atoms with Crippen LogP contribution in [0, 0.1) is 0 Å². The molecule has 0 unspecified atom stereocenters. The standard InChI is InChI=1S/C18H35N3O4/c1-4-19-18(20-11-6-5-8-17(22)24-3)21-12-9-16(10-13-21)25-15-7-14-23-2/h16H,4-15H2,1-3H3,(H,19,20). The number of piperidine rings is 1. The number of rotatable bonds is 11. The first kappa shape index (κ1) is 21.7. The Balaban J connectivity index is 2.29. The smallest absolute Gasteiger partial charge is 0.305 e. The minimum absolute atomic E-state index is 0.150. The molecule has 0 radical (unpaired) electrons. The van der Waals surface area contributed by atoms with Gasteiger partial charge in [-0.2, -0.15) is 0 Å². The number of hydrogen-bond donors (Lipinski definition) is 1. The lowest BCUT2D eigenvalue weighted by Crippen LogP contribution is -2.47. The average Bonchev–Trinajstić information content (AvgIpc) is 2.64. The van der Waals surface area contributed by atoms with Crippen molar-refractivity contribution in [2.45, 2.75) is 51.6 Å². The summed E-state index contributed by atoms with van der Waals surface area (Å²) in [6.45, 7) is 7.12. The van der Waals surface area contributed by atoms with Gasteiger partial charge in [-0.3, -0.25) is 9.79 Å². The highest BCUT2D eigenvalue weighted by Crippen LogP contribution is 2.14. The van der Waals surface area contributed by atoms with Crippen LogP contribution >= 0.6 is 0 Å². The minimum Gasteiger partial charge on any atom is -0.469 e. The van der Waals surface area contributed by atoms with Gasteiger partial charge in [-0.1, -0.05) is 0 Å². The van der Waals surface area contributed by atoms with Gasteiger partial charge in [0.05, 0.1) is 13.2 Å². The molecule has 1 fully saturated rings. The maximum absolute atomic E-state index is 11.1. The van der Waals surface area contributed by atoms with Crippen LogP contribution in [0.4, 0.5) is 0 Å². The molecule has 0 bridgehead atoms. The number of guanidine groups is 1. The Morgan fingerprint density at radius 2 is 1.92 bits per heavy atom. The zero-order valence-corrected chi connectivity index (χ0v) is 16.1. The van der Waals surface area contributed by atoms with Gasteiger partial charge in [-0.05, 0) is 39.0 Å². The van der Waals surface area contributed by atoms with Crippen molar-refractivity contribution in [1.82, 2.24) is 10.2 Å².